The first-order valence-electron chi connectivity index (χ1n) is 9.63. The number of alkyl halides is 2. The average molecular weight is 380 g/mol. The molecule has 3 aliphatic rings. The number of amides is 2. The van der Waals surface area contributed by atoms with Crippen LogP contribution in [0.15, 0.2) is 6.07 Å². The summed E-state index contributed by atoms with van der Waals surface area (Å²) in [5.74, 6) is -0.127. The van der Waals surface area contributed by atoms with Gasteiger partial charge < -0.3 is 9.80 Å². The highest BCUT2D eigenvalue weighted by Crippen LogP contribution is 2.54. The van der Waals surface area contributed by atoms with Crippen molar-refractivity contribution in [3.05, 3.63) is 17.5 Å². The molecule has 1 saturated carbocycles. The van der Waals surface area contributed by atoms with Crippen LogP contribution in [-0.2, 0) is 16.1 Å². The second-order valence-corrected chi connectivity index (χ2v) is 8.47. The van der Waals surface area contributed by atoms with E-state index in [1.807, 2.05) is 9.80 Å². The van der Waals surface area contributed by atoms with Crippen molar-refractivity contribution in [1.82, 2.24) is 19.6 Å². The molecule has 0 aromatic carbocycles. The number of hydrogen-bond acceptors (Lipinski definition) is 3. The third kappa shape index (κ3) is 2.75. The first kappa shape index (κ1) is 18.4. The molecule has 0 spiro atoms. The van der Waals surface area contributed by atoms with Crippen LogP contribution in [0.4, 0.5) is 8.78 Å². The van der Waals surface area contributed by atoms with E-state index in [4.69, 9.17) is 0 Å². The maximum atomic E-state index is 13.3. The molecule has 1 aliphatic carbocycles. The molecule has 3 heterocycles. The number of likely N-dealkylation sites (tertiary alicyclic amines) is 2. The largest absolute Gasteiger partial charge is 0.337 e. The number of aromatic nitrogens is 2. The fourth-order valence-electron chi connectivity index (χ4n) is 5.80. The van der Waals surface area contributed by atoms with Crippen LogP contribution in [-0.4, -0.2) is 56.1 Å². The Bertz CT molecular complexity index is 780. The van der Waals surface area contributed by atoms with Gasteiger partial charge in [-0.25, -0.2) is 8.78 Å². The fourth-order valence-corrected chi connectivity index (χ4v) is 5.80. The molecule has 6 nitrogen and oxygen atoms in total. The van der Waals surface area contributed by atoms with Gasteiger partial charge in [-0.05, 0) is 38.7 Å². The third-order valence-corrected chi connectivity index (χ3v) is 6.80. The zero-order valence-electron chi connectivity index (χ0n) is 16.0. The van der Waals surface area contributed by atoms with Gasteiger partial charge in [-0.15, -0.1) is 0 Å². The van der Waals surface area contributed by atoms with Crippen molar-refractivity contribution in [2.75, 3.05) is 6.54 Å². The molecule has 4 atom stereocenters. The number of fused-ring (bicyclic) bond motifs is 1. The molecule has 148 valence electrons. The number of carbonyl (C=O) groups excluding carboxylic acids is 2. The summed E-state index contributed by atoms with van der Waals surface area (Å²) in [7, 11) is 0. The van der Waals surface area contributed by atoms with Crippen LogP contribution in [0, 0.1) is 12.3 Å². The zero-order valence-corrected chi connectivity index (χ0v) is 16.0. The molecule has 0 N–H and O–H groups in total. The zero-order chi connectivity index (χ0) is 19.5. The van der Waals surface area contributed by atoms with E-state index in [1.54, 1.807) is 13.8 Å². The van der Waals surface area contributed by atoms with Gasteiger partial charge in [-0.3, -0.25) is 14.3 Å². The number of nitrogens with zero attached hydrogens (tertiary/aromatic N) is 4. The van der Waals surface area contributed by atoms with Crippen molar-refractivity contribution in [2.45, 2.75) is 77.6 Å². The van der Waals surface area contributed by atoms with Crippen molar-refractivity contribution in [1.29, 1.82) is 0 Å². The van der Waals surface area contributed by atoms with E-state index in [0.29, 0.717) is 12.2 Å². The normalized spacial score (nSPS) is 32.3. The summed E-state index contributed by atoms with van der Waals surface area (Å²) < 4.78 is 27.7. The van der Waals surface area contributed by atoms with Crippen LogP contribution < -0.4 is 0 Å². The third-order valence-electron chi connectivity index (χ3n) is 6.80. The Labute approximate surface area is 157 Å². The molecule has 0 radical (unpaired) electrons. The maximum Gasteiger partial charge on any atom is 0.280 e. The molecule has 4 rings (SSSR count). The van der Waals surface area contributed by atoms with E-state index >= 15 is 0 Å². The van der Waals surface area contributed by atoms with Crippen LogP contribution in [0.5, 0.6) is 0 Å². The van der Waals surface area contributed by atoms with Crippen molar-refractivity contribution in [3.8, 4) is 0 Å². The van der Waals surface area contributed by atoms with E-state index < -0.39 is 6.43 Å². The van der Waals surface area contributed by atoms with Gasteiger partial charge in [-0.1, -0.05) is 6.92 Å². The van der Waals surface area contributed by atoms with E-state index in [-0.39, 0.29) is 47.6 Å². The maximum absolute atomic E-state index is 13.3. The van der Waals surface area contributed by atoms with Crippen molar-refractivity contribution >= 4 is 11.8 Å². The predicted molar refractivity (Wildman–Crippen MR) is 94.1 cm³/mol. The van der Waals surface area contributed by atoms with Crippen molar-refractivity contribution < 1.29 is 18.4 Å². The smallest absolute Gasteiger partial charge is 0.280 e. The Morgan fingerprint density at radius 2 is 2.04 bits per heavy atom. The van der Waals surface area contributed by atoms with Gasteiger partial charge in [0.1, 0.15) is 12.2 Å². The summed E-state index contributed by atoms with van der Waals surface area (Å²) in [6.45, 7) is 5.77. The number of piperidine rings is 1. The van der Waals surface area contributed by atoms with Gasteiger partial charge in [0, 0.05) is 31.0 Å². The molecular weight excluding hydrogens is 354 g/mol. The van der Waals surface area contributed by atoms with Gasteiger partial charge in [0.05, 0.1) is 11.7 Å². The van der Waals surface area contributed by atoms with E-state index in [1.165, 1.54) is 6.07 Å². The Balaban J connectivity index is 1.63. The number of aryl methyl sites for hydroxylation is 1. The number of halogens is 2. The number of rotatable bonds is 3. The minimum atomic E-state index is -2.67. The van der Waals surface area contributed by atoms with Crippen molar-refractivity contribution in [3.63, 3.8) is 0 Å². The standard InChI is InChI=1S/C19H26F2N4O2/c1-11-7-14(18(20)21)24(22-11)10-17(27)25-13-8-19(3)15(5-4-6-16(19)25)23(9-13)12(2)26/h7,13,15-16,18H,4-6,8-10H2,1-3H3/t13-,15+,16-,19+/m0/s1. The lowest BCUT2D eigenvalue weighted by Gasteiger charge is -2.49. The highest BCUT2D eigenvalue weighted by Gasteiger charge is 2.61. The van der Waals surface area contributed by atoms with Gasteiger partial charge in [0.2, 0.25) is 11.8 Å². The van der Waals surface area contributed by atoms with Crippen LogP contribution in [0.3, 0.4) is 0 Å². The Morgan fingerprint density at radius 1 is 1.33 bits per heavy atom. The molecular formula is C19H26F2N4O2. The molecule has 27 heavy (non-hydrogen) atoms. The second kappa shape index (κ2) is 6.27. The molecule has 1 aromatic rings. The van der Waals surface area contributed by atoms with Crippen molar-refractivity contribution in [2.24, 2.45) is 5.41 Å². The monoisotopic (exact) mass is 380 g/mol. The lowest BCUT2D eigenvalue weighted by Crippen LogP contribution is -2.57. The first-order chi connectivity index (χ1) is 12.7. The Morgan fingerprint density at radius 3 is 2.70 bits per heavy atom. The SMILES string of the molecule is CC(=O)N1C[C@@H]2C[C@@]3(C)[C@H](CCC[C@@H]13)N2C(=O)Cn1nc(C)cc1C(F)F. The molecule has 2 saturated heterocycles. The first-order valence-corrected chi connectivity index (χ1v) is 9.63. The Hall–Kier alpha value is -1.99. The molecule has 8 heteroatoms. The second-order valence-electron chi connectivity index (χ2n) is 8.47. The topological polar surface area (TPSA) is 58.4 Å². The molecule has 2 aliphatic heterocycles. The minimum absolute atomic E-state index is 0.0441. The van der Waals surface area contributed by atoms with Gasteiger partial charge >= 0.3 is 0 Å². The summed E-state index contributed by atoms with van der Waals surface area (Å²) in [4.78, 5) is 29.2. The Kier molecular flexibility index (Phi) is 4.27. The average Bonchev–Trinajstić information content (AvgIpc) is 3.08. The minimum Gasteiger partial charge on any atom is -0.337 e. The van der Waals surface area contributed by atoms with Crippen LogP contribution >= 0.6 is 0 Å². The highest BCUT2D eigenvalue weighted by molar-refractivity contribution is 5.79. The van der Waals surface area contributed by atoms with E-state index in [0.717, 1.165) is 30.4 Å². The fraction of sp³-hybridized carbons (Fsp3) is 0.737. The lowest BCUT2D eigenvalue weighted by atomic mass is 9.66. The highest BCUT2D eigenvalue weighted by atomic mass is 19.3. The van der Waals surface area contributed by atoms with Gasteiger partial charge in [-0.2, -0.15) is 5.10 Å². The summed E-state index contributed by atoms with van der Waals surface area (Å²) in [5, 5.41) is 4.09. The summed E-state index contributed by atoms with van der Waals surface area (Å²) >= 11 is 0. The molecule has 0 unspecified atom stereocenters. The molecule has 2 amide bonds. The van der Waals surface area contributed by atoms with E-state index in [2.05, 4.69) is 12.0 Å². The van der Waals surface area contributed by atoms with E-state index in [9.17, 15) is 18.4 Å². The summed E-state index contributed by atoms with van der Waals surface area (Å²) in [5.41, 5.74) is 0.139. The quantitative estimate of drug-likeness (QED) is 0.810. The number of carbonyl (C=O) groups is 2. The molecule has 3 fully saturated rings. The van der Waals surface area contributed by atoms with Gasteiger partial charge in [0.25, 0.3) is 6.43 Å². The van der Waals surface area contributed by atoms with Crippen LogP contribution in [0.25, 0.3) is 0 Å². The molecule has 2 bridgehead atoms. The van der Waals surface area contributed by atoms with Crippen LogP contribution in [0.2, 0.25) is 0 Å². The number of hydrogen-bond donors (Lipinski definition) is 0. The molecule has 1 aromatic heterocycles. The summed E-state index contributed by atoms with van der Waals surface area (Å²) in [6, 6.07) is 1.50. The van der Waals surface area contributed by atoms with Gasteiger partial charge in [0.15, 0.2) is 0 Å². The lowest BCUT2D eigenvalue weighted by molar-refractivity contribution is -0.138. The van der Waals surface area contributed by atoms with Crippen LogP contribution in [0.1, 0.15) is 57.3 Å². The summed E-state index contributed by atoms with van der Waals surface area (Å²) in [6.07, 6.45) is 1.05. The predicted octanol–water partition coefficient (Wildman–Crippen LogP) is 2.52.